The molecule has 0 atom stereocenters. The fraction of sp³-hybridized carbons (Fsp3) is 0.600. The number of hydrogen-bond acceptors (Lipinski definition) is 3. The van der Waals surface area contributed by atoms with Crippen molar-refractivity contribution < 1.29 is 0 Å². The van der Waals surface area contributed by atoms with Gasteiger partial charge in [0.1, 0.15) is 5.82 Å². The first-order valence-corrected chi connectivity index (χ1v) is 5.09. The molecule has 0 amide bonds. The molecule has 0 bridgehead atoms. The Kier molecular flexibility index (Phi) is 2.93. The van der Waals surface area contributed by atoms with Gasteiger partial charge in [0.2, 0.25) is 0 Å². The first-order valence-electron chi connectivity index (χ1n) is 5.09. The summed E-state index contributed by atoms with van der Waals surface area (Å²) in [6, 6.07) is 1.45. The summed E-state index contributed by atoms with van der Waals surface area (Å²) in [5.41, 5.74) is -0.0519. The number of H-pyrrole nitrogens is 1. The minimum atomic E-state index is -0.0519. The Balaban J connectivity index is 1.99. The summed E-state index contributed by atoms with van der Waals surface area (Å²) in [5.74, 6) is 1.49. The zero-order valence-electron chi connectivity index (χ0n) is 8.12. The third-order valence-corrected chi connectivity index (χ3v) is 2.66. The molecule has 2 rings (SSSR count). The first-order chi connectivity index (χ1) is 6.84. The lowest BCUT2D eigenvalue weighted by Gasteiger charge is -2.21. The van der Waals surface area contributed by atoms with E-state index in [0.29, 0.717) is 5.92 Å². The number of nitrogens with one attached hydrogen (secondary N) is 2. The topological polar surface area (TPSA) is 57.8 Å². The van der Waals surface area contributed by atoms with Crippen LogP contribution in [-0.2, 0) is 6.42 Å². The minimum absolute atomic E-state index is 0.0519. The van der Waals surface area contributed by atoms with Gasteiger partial charge in [-0.1, -0.05) is 0 Å². The van der Waals surface area contributed by atoms with E-state index in [0.717, 1.165) is 25.3 Å². The summed E-state index contributed by atoms with van der Waals surface area (Å²) in [4.78, 5) is 17.9. The molecule has 0 spiro atoms. The van der Waals surface area contributed by atoms with Crippen molar-refractivity contribution in [2.45, 2.75) is 19.3 Å². The Bertz CT molecular complexity index is 341. The maximum Gasteiger partial charge on any atom is 0.250 e. The molecule has 2 N–H and O–H groups in total. The van der Waals surface area contributed by atoms with Crippen LogP contribution in [0.25, 0.3) is 0 Å². The lowest BCUT2D eigenvalue weighted by Crippen LogP contribution is -2.29. The Morgan fingerprint density at radius 2 is 2.21 bits per heavy atom. The molecule has 0 radical (unpaired) electrons. The normalized spacial score (nSPS) is 18.3. The van der Waals surface area contributed by atoms with Gasteiger partial charge in [-0.25, -0.2) is 4.98 Å². The van der Waals surface area contributed by atoms with Gasteiger partial charge in [0, 0.05) is 18.7 Å². The molecule has 0 saturated carbocycles. The van der Waals surface area contributed by atoms with E-state index in [2.05, 4.69) is 15.3 Å². The van der Waals surface area contributed by atoms with E-state index in [1.54, 1.807) is 6.20 Å². The lowest BCUT2D eigenvalue weighted by molar-refractivity contribution is 0.367. The highest BCUT2D eigenvalue weighted by Gasteiger charge is 2.14. The van der Waals surface area contributed by atoms with E-state index >= 15 is 0 Å². The summed E-state index contributed by atoms with van der Waals surface area (Å²) in [7, 11) is 0. The average molecular weight is 193 g/mol. The van der Waals surface area contributed by atoms with Gasteiger partial charge in [-0.15, -0.1) is 0 Å². The lowest BCUT2D eigenvalue weighted by atomic mass is 9.94. The van der Waals surface area contributed by atoms with Gasteiger partial charge in [-0.05, 0) is 31.8 Å². The molecule has 4 nitrogen and oxygen atoms in total. The number of aromatic amines is 1. The van der Waals surface area contributed by atoms with Gasteiger partial charge >= 0.3 is 0 Å². The average Bonchev–Trinajstić information content (AvgIpc) is 2.19. The molecule has 1 aromatic rings. The van der Waals surface area contributed by atoms with Crippen LogP contribution in [0.1, 0.15) is 18.7 Å². The van der Waals surface area contributed by atoms with Crippen LogP contribution in [0.15, 0.2) is 17.1 Å². The molecule has 1 aliphatic rings. The van der Waals surface area contributed by atoms with Gasteiger partial charge in [0.05, 0.1) is 0 Å². The van der Waals surface area contributed by atoms with Crippen LogP contribution in [-0.4, -0.2) is 23.1 Å². The highest BCUT2D eigenvalue weighted by atomic mass is 16.1. The van der Waals surface area contributed by atoms with Crippen LogP contribution in [0.2, 0.25) is 0 Å². The van der Waals surface area contributed by atoms with Crippen LogP contribution in [0.3, 0.4) is 0 Å². The van der Waals surface area contributed by atoms with Crippen molar-refractivity contribution in [1.82, 2.24) is 15.3 Å². The molecule has 1 fully saturated rings. The van der Waals surface area contributed by atoms with E-state index in [-0.39, 0.29) is 5.56 Å². The molecule has 0 aliphatic carbocycles. The summed E-state index contributed by atoms with van der Waals surface area (Å²) in [5, 5.41) is 3.32. The summed E-state index contributed by atoms with van der Waals surface area (Å²) >= 11 is 0. The van der Waals surface area contributed by atoms with E-state index in [1.165, 1.54) is 18.9 Å². The molecular formula is C10H15N3O. The maximum atomic E-state index is 11.0. The standard InChI is InChI=1S/C10H15N3O/c14-10-3-6-12-9(13-10)7-8-1-4-11-5-2-8/h3,6,8,11H,1-2,4-5,7H2,(H,12,13,14). The number of nitrogens with zero attached hydrogens (tertiary/aromatic N) is 1. The predicted octanol–water partition coefficient (Wildman–Crippen LogP) is 0.312. The number of piperidine rings is 1. The fourth-order valence-electron chi connectivity index (χ4n) is 1.87. The van der Waals surface area contributed by atoms with Gasteiger partial charge in [-0.2, -0.15) is 0 Å². The predicted molar refractivity (Wildman–Crippen MR) is 54.2 cm³/mol. The highest BCUT2D eigenvalue weighted by Crippen LogP contribution is 2.14. The number of rotatable bonds is 2. The Hall–Kier alpha value is -1.16. The monoisotopic (exact) mass is 193 g/mol. The molecule has 14 heavy (non-hydrogen) atoms. The van der Waals surface area contributed by atoms with Crippen molar-refractivity contribution in [2.75, 3.05) is 13.1 Å². The zero-order valence-corrected chi connectivity index (χ0v) is 8.12. The van der Waals surface area contributed by atoms with Crippen molar-refractivity contribution in [1.29, 1.82) is 0 Å². The quantitative estimate of drug-likeness (QED) is 0.710. The Labute approximate surface area is 82.8 Å². The Morgan fingerprint density at radius 1 is 1.43 bits per heavy atom. The van der Waals surface area contributed by atoms with Gasteiger partial charge < -0.3 is 10.3 Å². The highest BCUT2D eigenvalue weighted by molar-refractivity contribution is 4.91. The van der Waals surface area contributed by atoms with Crippen molar-refractivity contribution in [3.63, 3.8) is 0 Å². The van der Waals surface area contributed by atoms with E-state index in [1.807, 2.05) is 0 Å². The molecule has 1 aliphatic heterocycles. The first kappa shape index (κ1) is 9.40. The van der Waals surface area contributed by atoms with Crippen LogP contribution in [0.4, 0.5) is 0 Å². The van der Waals surface area contributed by atoms with Crippen molar-refractivity contribution in [3.05, 3.63) is 28.4 Å². The van der Waals surface area contributed by atoms with Gasteiger partial charge in [-0.3, -0.25) is 4.79 Å². The van der Waals surface area contributed by atoms with E-state index in [9.17, 15) is 4.79 Å². The van der Waals surface area contributed by atoms with Gasteiger partial charge in [0.25, 0.3) is 5.56 Å². The maximum absolute atomic E-state index is 11.0. The molecule has 1 aromatic heterocycles. The molecule has 2 heterocycles. The number of aromatic nitrogens is 2. The largest absolute Gasteiger partial charge is 0.317 e. The van der Waals surface area contributed by atoms with Crippen LogP contribution >= 0.6 is 0 Å². The molecule has 1 saturated heterocycles. The minimum Gasteiger partial charge on any atom is -0.317 e. The van der Waals surface area contributed by atoms with Crippen molar-refractivity contribution >= 4 is 0 Å². The molecule has 0 unspecified atom stereocenters. The Morgan fingerprint density at radius 3 is 2.93 bits per heavy atom. The molecule has 0 aromatic carbocycles. The van der Waals surface area contributed by atoms with Gasteiger partial charge in [0.15, 0.2) is 0 Å². The second-order valence-electron chi connectivity index (χ2n) is 3.78. The molecule has 76 valence electrons. The van der Waals surface area contributed by atoms with Crippen LogP contribution < -0.4 is 10.9 Å². The molecule has 4 heteroatoms. The van der Waals surface area contributed by atoms with Crippen molar-refractivity contribution in [2.24, 2.45) is 5.92 Å². The summed E-state index contributed by atoms with van der Waals surface area (Å²) in [6.07, 6.45) is 4.84. The third kappa shape index (κ3) is 2.42. The van der Waals surface area contributed by atoms with Crippen molar-refractivity contribution in [3.8, 4) is 0 Å². The second-order valence-corrected chi connectivity index (χ2v) is 3.78. The summed E-state index contributed by atoms with van der Waals surface area (Å²) in [6.45, 7) is 2.17. The smallest absolute Gasteiger partial charge is 0.250 e. The van der Waals surface area contributed by atoms with E-state index in [4.69, 9.17) is 0 Å². The number of hydrogen-bond donors (Lipinski definition) is 2. The second kappa shape index (κ2) is 4.37. The molecular weight excluding hydrogens is 178 g/mol. The fourth-order valence-corrected chi connectivity index (χ4v) is 1.87. The van der Waals surface area contributed by atoms with E-state index < -0.39 is 0 Å². The SMILES string of the molecule is O=c1ccnc(CC2CCNCC2)[nH]1. The zero-order chi connectivity index (χ0) is 9.80. The third-order valence-electron chi connectivity index (χ3n) is 2.66. The summed E-state index contributed by atoms with van der Waals surface area (Å²) < 4.78 is 0. The van der Waals surface area contributed by atoms with Crippen LogP contribution in [0, 0.1) is 5.92 Å². The van der Waals surface area contributed by atoms with Crippen LogP contribution in [0.5, 0.6) is 0 Å².